The number of nitrogens with zero attached hydrogens (tertiary/aromatic N) is 1. The molecule has 0 bridgehead atoms. The van der Waals surface area contributed by atoms with Crippen molar-refractivity contribution in [2.45, 2.75) is 16.7 Å². The normalized spacial score (nSPS) is 14.6. The van der Waals surface area contributed by atoms with Crippen LogP contribution in [0.2, 0.25) is 0 Å². The molecule has 0 saturated heterocycles. The van der Waals surface area contributed by atoms with Crippen molar-refractivity contribution in [1.82, 2.24) is 0 Å². The predicted molar refractivity (Wildman–Crippen MR) is 85.5 cm³/mol. The molecule has 2 rings (SSSR count). The SMILES string of the molecule is CCO/S(=N\S(=O)(=O)c1ccccc1)c1ccccc1[NH+]([O-])O. The molecule has 0 radical (unpaired) electrons. The van der Waals surface area contributed by atoms with E-state index in [1.807, 2.05) is 0 Å². The Morgan fingerprint density at radius 3 is 2.39 bits per heavy atom. The van der Waals surface area contributed by atoms with Gasteiger partial charge in [0, 0.05) is 6.07 Å². The van der Waals surface area contributed by atoms with E-state index in [2.05, 4.69) is 3.77 Å². The summed E-state index contributed by atoms with van der Waals surface area (Å²) in [6.07, 6.45) is 0. The summed E-state index contributed by atoms with van der Waals surface area (Å²) in [5.41, 5.74) is -0.0312. The zero-order valence-electron chi connectivity index (χ0n) is 12.2. The van der Waals surface area contributed by atoms with E-state index < -0.39 is 26.2 Å². The highest BCUT2D eigenvalue weighted by molar-refractivity contribution is 7.98. The molecular formula is C14H16N2O5S2. The van der Waals surface area contributed by atoms with Gasteiger partial charge in [0.25, 0.3) is 10.0 Å². The lowest BCUT2D eigenvalue weighted by Crippen LogP contribution is -2.99. The van der Waals surface area contributed by atoms with Gasteiger partial charge in [-0.15, -0.1) is 3.77 Å². The Hall–Kier alpha value is -1.62. The first-order valence-corrected chi connectivity index (χ1v) is 9.23. The third kappa shape index (κ3) is 4.44. The van der Waals surface area contributed by atoms with Crippen molar-refractivity contribution >= 4 is 26.7 Å². The minimum Gasteiger partial charge on any atom is -0.595 e. The van der Waals surface area contributed by atoms with Gasteiger partial charge in [-0.25, -0.2) is 5.21 Å². The molecule has 0 aliphatic carbocycles. The van der Waals surface area contributed by atoms with Crippen LogP contribution in [0.5, 0.6) is 0 Å². The van der Waals surface area contributed by atoms with Crippen LogP contribution >= 0.6 is 0 Å². The van der Waals surface area contributed by atoms with Gasteiger partial charge in [-0.05, 0) is 25.1 Å². The van der Waals surface area contributed by atoms with E-state index in [0.717, 1.165) is 0 Å². The number of hydrogen-bond acceptors (Lipinski definition) is 5. The topological polar surface area (TPSA) is 103 Å². The number of benzene rings is 2. The van der Waals surface area contributed by atoms with Crippen LogP contribution in [-0.2, 0) is 25.2 Å². The van der Waals surface area contributed by atoms with Crippen molar-refractivity contribution in [3.8, 4) is 0 Å². The molecule has 0 saturated carbocycles. The molecule has 0 aliphatic rings. The first-order valence-electron chi connectivity index (χ1n) is 6.68. The number of hydrogen-bond donors (Lipinski definition) is 2. The third-order valence-corrected chi connectivity index (χ3v) is 6.13. The molecule has 2 unspecified atom stereocenters. The number of rotatable bonds is 6. The number of para-hydroxylation sites is 1. The zero-order valence-corrected chi connectivity index (χ0v) is 13.9. The molecule has 2 aromatic carbocycles. The maximum atomic E-state index is 12.4. The summed E-state index contributed by atoms with van der Waals surface area (Å²) < 4.78 is 34.0. The van der Waals surface area contributed by atoms with Crippen molar-refractivity contribution in [2.75, 3.05) is 6.61 Å². The molecule has 0 spiro atoms. The van der Waals surface area contributed by atoms with Gasteiger partial charge in [0.05, 0.1) is 22.5 Å². The molecule has 7 nitrogen and oxygen atoms in total. The van der Waals surface area contributed by atoms with Crippen molar-refractivity contribution in [1.29, 1.82) is 0 Å². The van der Waals surface area contributed by atoms with E-state index in [4.69, 9.17) is 4.18 Å². The van der Waals surface area contributed by atoms with Gasteiger partial charge in [-0.3, -0.25) is 0 Å². The van der Waals surface area contributed by atoms with Crippen LogP contribution < -0.4 is 5.23 Å². The van der Waals surface area contributed by atoms with Crippen LogP contribution in [0.25, 0.3) is 0 Å². The molecule has 2 aromatic rings. The van der Waals surface area contributed by atoms with E-state index in [-0.39, 0.29) is 22.1 Å². The van der Waals surface area contributed by atoms with E-state index in [0.29, 0.717) is 0 Å². The van der Waals surface area contributed by atoms with Gasteiger partial charge in [0.2, 0.25) is 0 Å². The average Bonchev–Trinajstić information content (AvgIpc) is 2.55. The highest BCUT2D eigenvalue weighted by atomic mass is 32.3. The maximum absolute atomic E-state index is 12.4. The average molecular weight is 356 g/mol. The highest BCUT2D eigenvalue weighted by Crippen LogP contribution is 2.21. The second kappa shape index (κ2) is 7.77. The van der Waals surface area contributed by atoms with E-state index >= 15 is 0 Å². The lowest BCUT2D eigenvalue weighted by molar-refractivity contribution is -0.992. The van der Waals surface area contributed by atoms with Crippen molar-refractivity contribution in [3.05, 3.63) is 59.8 Å². The smallest absolute Gasteiger partial charge is 0.290 e. The van der Waals surface area contributed by atoms with Gasteiger partial charge >= 0.3 is 0 Å². The second-order valence-electron chi connectivity index (χ2n) is 4.32. The van der Waals surface area contributed by atoms with Crippen LogP contribution in [0.3, 0.4) is 0 Å². The summed E-state index contributed by atoms with van der Waals surface area (Å²) >= 11 is 0. The van der Waals surface area contributed by atoms with Crippen molar-refractivity contribution in [2.24, 2.45) is 3.77 Å². The molecule has 0 aromatic heterocycles. The molecule has 0 aliphatic heterocycles. The number of nitrogens with one attached hydrogen (secondary N) is 1. The number of sulfonamides is 1. The van der Waals surface area contributed by atoms with Gasteiger partial charge in [-0.1, -0.05) is 30.3 Å². The van der Waals surface area contributed by atoms with Crippen LogP contribution in [0.1, 0.15) is 6.92 Å². The molecule has 0 fully saturated rings. The summed E-state index contributed by atoms with van der Waals surface area (Å²) in [4.78, 5) is 0.256. The zero-order chi connectivity index (χ0) is 16.9. The lowest BCUT2D eigenvalue weighted by atomic mass is 10.3. The van der Waals surface area contributed by atoms with E-state index in [1.165, 1.54) is 24.3 Å². The summed E-state index contributed by atoms with van der Waals surface area (Å²) in [5.74, 6) is 0. The Morgan fingerprint density at radius 2 is 1.78 bits per heavy atom. The Morgan fingerprint density at radius 1 is 1.17 bits per heavy atom. The van der Waals surface area contributed by atoms with Crippen LogP contribution in [0.15, 0.2) is 68.2 Å². The Kier molecular flexibility index (Phi) is 5.99. The number of quaternary nitrogens is 1. The van der Waals surface area contributed by atoms with Gasteiger partial charge in [0.15, 0.2) is 5.69 Å². The van der Waals surface area contributed by atoms with Crippen molar-refractivity contribution in [3.63, 3.8) is 0 Å². The third-order valence-electron chi connectivity index (χ3n) is 2.74. The quantitative estimate of drug-likeness (QED) is 0.765. The molecule has 0 heterocycles. The standard InChI is InChI=1S/C14H16N2O5S2/c1-2-21-22(14-11-7-6-10-13(14)16(17)18)15-23(19,20)12-8-4-3-5-9-12/h3-11,16-17H,2H2,1H3. The summed E-state index contributed by atoms with van der Waals surface area (Å²) in [7, 11) is -5.49. The fourth-order valence-corrected chi connectivity index (χ4v) is 4.70. The van der Waals surface area contributed by atoms with Gasteiger partial charge < -0.3 is 9.39 Å². The Labute approximate surface area is 137 Å². The molecule has 2 N–H and O–H groups in total. The summed E-state index contributed by atoms with van der Waals surface area (Å²) in [6.45, 7) is 1.89. The predicted octanol–water partition coefficient (Wildman–Crippen LogP) is 1.59. The monoisotopic (exact) mass is 356 g/mol. The van der Waals surface area contributed by atoms with Crippen LogP contribution in [-0.4, -0.2) is 20.2 Å². The lowest BCUT2D eigenvalue weighted by Gasteiger charge is -2.16. The van der Waals surface area contributed by atoms with Crippen LogP contribution in [0, 0.1) is 5.21 Å². The largest absolute Gasteiger partial charge is 0.595 e. The minimum absolute atomic E-state index is 0.0312. The molecule has 2 atom stereocenters. The first kappa shape index (κ1) is 17.7. The molecule has 0 amide bonds. The summed E-state index contributed by atoms with van der Waals surface area (Å²) in [6, 6.07) is 13.8. The Bertz CT molecular complexity index is 792. The fourth-order valence-electron chi connectivity index (χ4n) is 1.76. The Balaban J connectivity index is 2.55. The molecule has 23 heavy (non-hydrogen) atoms. The first-order chi connectivity index (χ1) is 11.0. The second-order valence-corrected chi connectivity index (χ2v) is 7.51. The highest BCUT2D eigenvalue weighted by Gasteiger charge is 2.19. The summed E-state index contributed by atoms with van der Waals surface area (Å²) in [5, 5.41) is 19.4. The molecule has 124 valence electrons. The minimum atomic E-state index is -3.95. The maximum Gasteiger partial charge on any atom is 0.290 e. The van der Waals surface area contributed by atoms with Gasteiger partial charge in [0.1, 0.15) is 4.90 Å². The molecule has 9 heteroatoms. The van der Waals surface area contributed by atoms with Crippen molar-refractivity contribution < 1.29 is 23.0 Å². The fraction of sp³-hybridized carbons (Fsp3) is 0.143. The van der Waals surface area contributed by atoms with E-state index in [1.54, 1.807) is 37.3 Å². The van der Waals surface area contributed by atoms with Gasteiger partial charge in [-0.2, -0.15) is 13.6 Å². The van der Waals surface area contributed by atoms with Crippen LogP contribution in [0.4, 0.5) is 5.69 Å². The van der Waals surface area contributed by atoms with E-state index in [9.17, 15) is 18.8 Å². The molecular weight excluding hydrogens is 340 g/mol.